The number of ether oxygens (including phenoxy) is 3. The van der Waals surface area contributed by atoms with Gasteiger partial charge in [0.1, 0.15) is 5.75 Å². The highest BCUT2D eigenvalue weighted by atomic mass is 35.5. The number of esters is 1. The molecular formula is C19H24ClNO4. The van der Waals surface area contributed by atoms with Gasteiger partial charge in [-0.05, 0) is 56.8 Å². The first-order valence-electron chi connectivity index (χ1n) is 8.92. The topological polar surface area (TPSA) is 56.8 Å². The molecule has 2 fully saturated rings. The fourth-order valence-corrected chi connectivity index (χ4v) is 5.32. The van der Waals surface area contributed by atoms with Gasteiger partial charge < -0.3 is 19.5 Å². The molecule has 1 saturated heterocycles. The Balaban J connectivity index is 1.74. The van der Waals surface area contributed by atoms with Crippen molar-refractivity contribution in [1.29, 1.82) is 0 Å². The van der Waals surface area contributed by atoms with Crippen molar-refractivity contribution in [2.75, 3.05) is 20.2 Å². The molecule has 2 heterocycles. The van der Waals surface area contributed by atoms with Crippen LogP contribution in [0.2, 0.25) is 5.02 Å². The normalized spacial score (nSPS) is 36.5. The molecule has 1 aromatic carbocycles. The first-order chi connectivity index (χ1) is 11.9. The average molecular weight is 366 g/mol. The van der Waals surface area contributed by atoms with Gasteiger partial charge in [-0.15, -0.1) is 0 Å². The van der Waals surface area contributed by atoms with Crippen LogP contribution in [0.15, 0.2) is 12.1 Å². The number of piperidine rings is 1. The standard InChI is InChI=1S/C19H24ClNO4/c1-10-16-14(18(22)23-3)6-13(20)7-15(16)25-19(2,24-10)17-11-4-5-12(17)9-21-8-11/h6-7,10-12,17,21H,4-5,8-9H2,1-3H3. The Bertz CT molecular complexity index is 693. The van der Waals surface area contributed by atoms with Crippen LogP contribution < -0.4 is 10.1 Å². The Morgan fingerprint density at radius 2 is 2.00 bits per heavy atom. The number of fused-ring (bicyclic) bond motifs is 3. The van der Waals surface area contributed by atoms with Crippen molar-refractivity contribution < 1.29 is 19.0 Å². The molecule has 0 spiro atoms. The minimum absolute atomic E-state index is 0.269. The number of nitrogens with one attached hydrogen (secondary N) is 1. The molecule has 25 heavy (non-hydrogen) atoms. The third-order valence-corrected chi connectivity index (χ3v) is 6.20. The van der Waals surface area contributed by atoms with Gasteiger partial charge in [-0.2, -0.15) is 0 Å². The van der Waals surface area contributed by atoms with Gasteiger partial charge in [0, 0.05) is 23.4 Å². The molecule has 1 N–H and O–H groups in total. The molecule has 0 amide bonds. The van der Waals surface area contributed by atoms with E-state index in [1.165, 1.54) is 20.0 Å². The molecule has 1 saturated carbocycles. The van der Waals surface area contributed by atoms with Crippen molar-refractivity contribution in [2.45, 2.75) is 38.6 Å². The number of benzene rings is 1. The third-order valence-electron chi connectivity index (χ3n) is 5.98. The lowest BCUT2D eigenvalue weighted by atomic mass is 9.79. The SMILES string of the molecule is COC(=O)c1cc(Cl)cc2c1C(C)OC(C)(C1C3CCC1CNC3)O2. The molecule has 136 valence electrons. The molecule has 6 heteroatoms. The Labute approximate surface area is 153 Å². The van der Waals surface area contributed by atoms with Crippen LogP contribution in [0.5, 0.6) is 5.75 Å². The quantitative estimate of drug-likeness (QED) is 0.812. The summed E-state index contributed by atoms with van der Waals surface area (Å²) in [5.41, 5.74) is 1.13. The molecule has 1 aromatic rings. The number of rotatable bonds is 2. The maximum Gasteiger partial charge on any atom is 0.338 e. The summed E-state index contributed by atoms with van der Waals surface area (Å²) in [6, 6.07) is 3.40. The number of hydrogen-bond acceptors (Lipinski definition) is 5. The van der Waals surface area contributed by atoms with E-state index in [0.29, 0.717) is 34.1 Å². The van der Waals surface area contributed by atoms with Crippen LogP contribution in [0, 0.1) is 17.8 Å². The Kier molecular flexibility index (Phi) is 4.21. The Hall–Kier alpha value is -1.30. The van der Waals surface area contributed by atoms with Gasteiger partial charge in [0.05, 0.1) is 18.8 Å². The van der Waals surface area contributed by atoms with Crippen LogP contribution in [-0.4, -0.2) is 32.0 Å². The fraction of sp³-hybridized carbons (Fsp3) is 0.632. The first kappa shape index (κ1) is 17.1. The summed E-state index contributed by atoms with van der Waals surface area (Å²) < 4.78 is 17.7. The summed E-state index contributed by atoms with van der Waals surface area (Å²) in [5, 5.41) is 3.97. The molecule has 2 aliphatic heterocycles. The number of halogens is 1. The summed E-state index contributed by atoms with van der Waals surface area (Å²) in [6.45, 7) is 6.01. The number of carbonyl (C=O) groups excluding carboxylic acids is 1. The van der Waals surface area contributed by atoms with Crippen molar-refractivity contribution in [3.05, 3.63) is 28.3 Å². The van der Waals surface area contributed by atoms with Crippen LogP contribution in [0.3, 0.4) is 0 Å². The number of methoxy groups -OCH3 is 1. The van der Waals surface area contributed by atoms with Crippen LogP contribution >= 0.6 is 11.6 Å². The third kappa shape index (κ3) is 2.73. The van der Waals surface area contributed by atoms with E-state index in [0.717, 1.165) is 18.7 Å². The molecular weight excluding hydrogens is 342 g/mol. The average Bonchev–Trinajstić information content (AvgIpc) is 2.84. The predicted octanol–water partition coefficient (Wildman–Crippen LogP) is 3.56. The van der Waals surface area contributed by atoms with Crippen LogP contribution in [0.25, 0.3) is 0 Å². The zero-order valence-electron chi connectivity index (χ0n) is 14.8. The lowest BCUT2D eigenvalue weighted by Gasteiger charge is -2.48. The Morgan fingerprint density at radius 1 is 1.32 bits per heavy atom. The van der Waals surface area contributed by atoms with E-state index in [9.17, 15) is 4.79 Å². The van der Waals surface area contributed by atoms with Crippen molar-refractivity contribution >= 4 is 17.6 Å². The van der Waals surface area contributed by atoms with Gasteiger partial charge in [0.15, 0.2) is 0 Å². The second kappa shape index (κ2) is 6.15. The molecule has 0 radical (unpaired) electrons. The largest absolute Gasteiger partial charge is 0.465 e. The molecule has 5 nitrogen and oxygen atoms in total. The minimum atomic E-state index is -0.710. The van der Waals surface area contributed by atoms with E-state index >= 15 is 0 Å². The van der Waals surface area contributed by atoms with E-state index in [-0.39, 0.29) is 6.10 Å². The summed E-state index contributed by atoms with van der Waals surface area (Å²) in [5.74, 6) is 0.937. The summed E-state index contributed by atoms with van der Waals surface area (Å²) >= 11 is 6.24. The van der Waals surface area contributed by atoms with E-state index in [2.05, 4.69) is 5.32 Å². The van der Waals surface area contributed by atoms with Crippen LogP contribution in [0.4, 0.5) is 0 Å². The van der Waals surface area contributed by atoms with Crippen LogP contribution in [0.1, 0.15) is 48.7 Å². The molecule has 4 atom stereocenters. The molecule has 2 bridgehead atoms. The van der Waals surface area contributed by atoms with Gasteiger partial charge in [0.25, 0.3) is 0 Å². The summed E-state index contributed by atoms with van der Waals surface area (Å²) in [6.07, 6.45) is 2.14. The predicted molar refractivity (Wildman–Crippen MR) is 93.9 cm³/mol. The highest BCUT2D eigenvalue weighted by Gasteiger charge is 2.54. The van der Waals surface area contributed by atoms with Gasteiger partial charge >= 0.3 is 5.97 Å². The molecule has 3 aliphatic rings. The van der Waals surface area contributed by atoms with Crippen molar-refractivity contribution in [1.82, 2.24) is 5.32 Å². The smallest absolute Gasteiger partial charge is 0.338 e. The van der Waals surface area contributed by atoms with Gasteiger partial charge in [0.2, 0.25) is 5.79 Å². The van der Waals surface area contributed by atoms with E-state index in [1.54, 1.807) is 12.1 Å². The highest BCUT2D eigenvalue weighted by molar-refractivity contribution is 6.31. The number of hydrogen-bond donors (Lipinski definition) is 1. The molecule has 0 aromatic heterocycles. The molecule has 4 unspecified atom stereocenters. The highest BCUT2D eigenvalue weighted by Crippen LogP contribution is 2.52. The summed E-state index contributed by atoms with van der Waals surface area (Å²) in [7, 11) is 1.36. The van der Waals surface area contributed by atoms with E-state index in [1.807, 2.05) is 13.8 Å². The first-order valence-corrected chi connectivity index (χ1v) is 9.30. The fourth-order valence-electron chi connectivity index (χ4n) is 5.12. The maximum absolute atomic E-state index is 12.2. The lowest BCUT2D eigenvalue weighted by molar-refractivity contribution is -0.259. The van der Waals surface area contributed by atoms with Crippen molar-refractivity contribution in [2.24, 2.45) is 17.8 Å². The monoisotopic (exact) mass is 365 g/mol. The second-order valence-corrected chi connectivity index (χ2v) is 7.95. The summed E-state index contributed by atoms with van der Waals surface area (Å²) in [4.78, 5) is 12.2. The second-order valence-electron chi connectivity index (χ2n) is 7.52. The van der Waals surface area contributed by atoms with Gasteiger partial charge in [-0.25, -0.2) is 4.79 Å². The van der Waals surface area contributed by atoms with Gasteiger partial charge in [-0.3, -0.25) is 0 Å². The minimum Gasteiger partial charge on any atom is -0.465 e. The Morgan fingerprint density at radius 3 is 2.64 bits per heavy atom. The zero-order valence-corrected chi connectivity index (χ0v) is 15.6. The van der Waals surface area contributed by atoms with E-state index < -0.39 is 11.8 Å². The zero-order chi connectivity index (χ0) is 17.8. The maximum atomic E-state index is 12.2. The molecule has 1 aliphatic carbocycles. The van der Waals surface area contributed by atoms with E-state index in [4.69, 9.17) is 25.8 Å². The van der Waals surface area contributed by atoms with Gasteiger partial charge in [-0.1, -0.05) is 11.6 Å². The lowest BCUT2D eigenvalue weighted by Crippen LogP contribution is -2.55. The van der Waals surface area contributed by atoms with Crippen molar-refractivity contribution in [3.8, 4) is 5.75 Å². The van der Waals surface area contributed by atoms with Crippen LogP contribution in [-0.2, 0) is 9.47 Å². The number of carbonyl (C=O) groups is 1. The van der Waals surface area contributed by atoms with Crippen molar-refractivity contribution in [3.63, 3.8) is 0 Å². The molecule has 4 rings (SSSR count).